The number of ether oxygens (including phenoxy) is 1. The molecule has 1 aromatic heterocycles. The highest BCUT2D eigenvalue weighted by Gasteiger charge is 2.10. The molecule has 1 atom stereocenters. The van der Waals surface area contributed by atoms with Crippen molar-refractivity contribution in [1.29, 1.82) is 0 Å². The van der Waals surface area contributed by atoms with E-state index < -0.39 is 10.8 Å². The number of hydrogen-bond acceptors (Lipinski definition) is 3. The summed E-state index contributed by atoms with van der Waals surface area (Å²) in [6.45, 7) is 0. The third-order valence-electron chi connectivity index (χ3n) is 2.22. The minimum absolute atomic E-state index is 0.222. The second-order valence-corrected chi connectivity index (χ2v) is 5.65. The first-order valence-electron chi connectivity index (χ1n) is 4.99. The van der Waals surface area contributed by atoms with E-state index in [1.165, 1.54) is 12.1 Å². The lowest BCUT2D eigenvalue weighted by molar-refractivity contribution is 0.414. The van der Waals surface area contributed by atoms with E-state index in [-0.39, 0.29) is 10.3 Å². The summed E-state index contributed by atoms with van der Waals surface area (Å²) in [6.07, 6.45) is 0. The van der Waals surface area contributed by atoms with Crippen molar-refractivity contribution in [1.82, 2.24) is 4.98 Å². The zero-order valence-corrected chi connectivity index (χ0v) is 11.7. The maximum Gasteiger partial charge on any atom is 0.132 e. The van der Waals surface area contributed by atoms with Crippen LogP contribution in [0.5, 0.6) is 5.75 Å². The fraction of sp³-hybridized carbons (Fsp3) is 0.0833. The number of methoxy groups -OCH3 is 1. The number of hydrogen-bond donors (Lipinski definition) is 0. The van der Waals surface area contributed by atoms with Gasteiger partial charge in [-0.3, -0.25) is 0 Å². The molecular weight excluding hydrogens is 293 g/mol. The Morgan fingerprint density at radius 3 is 2.11 bits per heavy atom. The fourth-order valence-corrected chi connectivity index (χ4v) is 3.07. The van der Waals surface area contributed by atoms with Crippen LogP contribution in [0.2, 0.25) is 10.3 Å². The van der Waals surface area contributed by atoms with Gasteiger partial charge in [0.2, 0.25) is 0 Å². The van der Waals surface area contributed by atoms with E-state index in [4.69, 9.17) is 27.9 Å². The topological polar surface area (TPSA) is 39.2 Å². The van der Waals surface area contributed by atoms with Crippen LogP contribution in [0.25, 0.3) is 0 Å². The third kappa shape index (κ3) is 3.02. The molecule has 18 heavy (non-hydrogen) atoms. The molecule has 1 unspecified atom stereocenters. The van der Waals surface area contributed by atoms with Gasteiger partial charge in [0.05, 0.1) is 17.9 Å². The summed E-state index contributed by atoms with van der Waals surface area (Å²) in [7, 11) is 0.236. The number of nitrogens with zero attached hydrogens (tertiary/aromatic N) is 1. The van der Waals surface area contributed by atoms with E-state index in [9.17, 15) is 4.21 Å². The summed E-state index contributed by atoms with van der Waals surface area (Å²) in [5.74, 6) is 0.710. The molecule has 0 fully saturated rings. The molecule has 1 heterocycles. The Morgan fingerprint density at radius 1 is 1.06 bits per heavy atom. The van der Waals surface area contributed by atoms with Gasteiger partial charge >= 0.3 is 0 Å². The Morgan fingerprint density at radius 2 is 1.61 bits per heavy atom. The van der Waals surface area contributed by atoms with E-state index in [0.29, 0.717) is 15.5 Å². The van der Waals surface area contributed by atoms with Crippen molar-refractivity contribution in [2.45, 2.75) is 9.79 Å². The lowest BCUT2D eigenvalue weighted by Crippen LogP contribution is -1.94. The molecule has 6 heteroatoms. The summed E-state index contributed by atoms with van der Waals surface area (Å²) in [5.41, 5.74) is 0. The van der Waals surface area contributed by atoms with E-state index >= 15 is 0 Å². The molecule has 0 aliphatic heterocycles. The van der Waals surface area contributed by atoms with Gasteiger partial charge in [-0.25, -0.2) is 9.19 Å². The smallest absolute Gasteiger partial charge is 0.132 e. The molecule has 3 nitrogen and oxygen atoms in total. The van der Waals surface area contributed by atoms with Gasteiger partial charge in [-0.05, 0) is 36.4 Å². The molecule has 0 bridgehead atoms. The molecule has 94 valence electrons. The van der Waals surface area contributed by atoms with Crippen molar-refractivity contribution in [3.05, 3.63) is 46.7 Å². The van der Waals surface area contributed by atoms with E-state index in [1.54, 1.807) is 31.4 Å². The van der Waals surface area contributed by atoms with Crippen LogP contribution in [-0.4, -0.2) is 16.3 Å². The Hall–Kier alpha value is -1.10. The minimum atomic E-state index is -1.34. The van der Waals surface area contributed by atoms with Gasteiger partial charge in [0, 0.05) is 9.79 Å². The van der Waals surface area contributed by atoms with Gasteiger partial charge in [-0.15, -0.1) is 0 Å². The molecule has 0 saturated carbocycles. The van der Waals surface area contributed by atoms with Crippen LogP contribution in [0.3, 0.4) is 0 Å². The van der Waals surface area contributed by atoms with Crippen molar-refractivity contribution in [2.24, 2.45) is 0 Å². The zero-order chi connectivity index (χ0) is 13.1. The quantitative estimate of drug-likeness (QED) is 0.814. The molecule has 0 aliphatic rings. The Kier molecular flexibility index (Phi) is 4.22. The maximum atomic E-state index is 12.3. The van der Waals surface area contributed by atoms with Crippen LogP contribution >= 0.6 is 23.2 Å². The predicted octanol–water partition coefficient (Wildman–Crippen LogP) is 3.56. The Labute approximate surface area is 117 Å². The molecule has 0 spiro atoms. The monoisotopic (exact) mass is 301 g/mol. The van der Waals surface area contributed by atoms with Crippen LogP contribution in [-0.2, 0) is 10.8 Å². The van der Waals surface area contributed by atoms with Crippen molar-refractivity contribution in [2.75, 3.05) is 7.11 Å². The number of rotatable bonds is 3. The highest BCUT2D eigenvalue weighted by molar-refractivity contribution is 7.85. The molecule has 2 rings (SSSR count). The highest BCUT2D eigenvalue weighted by atomic mass is 35.5. The number of halogens is 2. The molecule has 0 radical (unpaired) electrons. The van der Waals surface area contributed by atoms with Gasteiger partial charge in [0.25, 0.3) is 0 Å². The Bertz CT molecular complexity index is 567. The normalized spacial score (nSPS) is 12.2. The van der Waals surface area contributed by atoms with Crippen LogP contribution in [0.1, 0.15) is 0 Å². The average molecular weight is 302 g/mol. The van der Waals surface area contributed by atoms with Crippen LogP contribution in [0, 0.1) is 0 Å². The van der Waals surface area contributed by atoms with Crippen molar-refractivity contribution in [3.63, 3.8) is 0 Å². The number of pyridine rings is 1. The third-order valence-corrected chi connectivity index (χ3v) is 3.98. The zero-order valence-electron chi connectivity index (χ0n) is 9.39. The number of aromatic nitrogens is 1. The second kappa shape index (κ2) is 5.69. The molecule has 1 aromatic carbocycles. The molecule has 0 amide bonds. The maximum absolute atomic E-state index is 12.3. The minimum Gasteiger partial charge on any atom is -0.497 e. The van der Waals surface area contributed by atoms with E-state index in [0.717, 1.165) is 0 Å². The molecule has 2 aromatic rings. The van der Waals surface area contributed by atoms with Gasteiger partial charge in [0.1, 0.15) is 16.1 Å². The molecule has 0 saturated heterocycles. The van der Waals surface area contributed by atoms with Crippen molar-refractivity contribution in [3.8, 4) is 5.75 Å². The fourth-order valence-electron chi connectivity index (χ4n) is 1.39. The van der Waals surface area contributed by atoms with Gasteiger partial charge in [0.15, 0.2) is 0 Å². The summed E-state index contributed by atoms with van der Waals surface area (Å²) < 4.78 is 17.3. The summed E-state index contributed by atoms with van der Waals surface area (Å²) in [4.78, 5) is 4.98. The summed E-state index contributed by atoms with van der Waals surface area (Å²) in [5, 5.41) is 0.443. The molecule has 0 aliphatic carbocycles. The first-order chi connectivity index (χ1) is 8.60. The standard InChI is InChI=1S/C12H9Cl2NO2S/c1-17-8-2-4-9(5-3-8)18(16)10-6-11(13)15-12(14)7-10/h2-7H,1H3. The van der Waals surface area contributed by atoms with Crippen LogP contribution < -0.4 is 4.74 Å². The molecule has 0 N–H and O–H groups in total. The lowest BCUT2D eigenvalue weighted by atomic mass is 10.3. The SMILES string of the molecule is COc1ccc(S(=O)c2cc(Cl)nc(Cl)c2)cc1. The highest BCUT2D eigenvalue weighted by Crippen LogP contribution is 2.23. The summed E-state index contributed by atoms with van der Waals surface area (Å²) >= 11 is 11.6. The first kappa shape index (κ1) is 13.3. The van der Waals surface area contributed by atoms with Gasteiger partial charge in [-0.1, -0.05) is 23.2 Å². The number of benzene rings is 1. The van der Waals surface area contributed by atoms with E-state index in [2.05, 4.69) is 4.98 Å². The van der Waals surface area contributed by atoms with Gasteiger partial charge in [-0.2, -0.15) is 0 Å². The average Bonchev–Trinajstić information content (AvgIpc) is 2.37. The largest absolute Gasteiger partial charge is 0.497 e. The predicted molar refractivity (Wildman–Crippen MR) is 71.9 cm³/mol. The Balaban J connectivity index is 2.34. The van der Waals surface area contributed by atoms with Crippen LogP contribution in [0.4, 0.5) is 0 Å². The van der Waals surface area contributed by atoms with E-state index in [1.807, 2.05) is 0 Å². The summed E-state index contributed by atoms with van der Waals surface area (Å²) in [6, 6.07) is 10.0. The van der Waals surface area contributed by atoms with Crippen LogP contribution in [0.15, 0.2) is 46.2 Å². The van der Waals surface area contributed by atoms with Gasteiger partial charge < -0.3 is 4.74 Å². The second-order valence-electron chi connectivity index (χ2n) is 3.39. The first-order valence-corrected chi connectivity index (χ1v) is 6.89. The van der Waals surface area contributed by atoms with Crippen molar-refractivity contribution < 1.29 is 8.95 Å². The van der Waals surface area contributed by atoms with Crippen molar-refractivity contribution >= 4 is 34.0 Å². The lowest BCUT2D eigenvalue weighted by Gasteiger charge is -2.04. The molecular formula is C12H9Cl2NO2S.